The van der Waals surface area contributed by atoms with Crippen LogP contribution in [0.2, 0.25) is 0 Å². The van der Waals surface area contributed by atoms with Gasteiger partial charge in [-0.05, 0) is 59.7 Å². The van der Waals surface area contributed by atoms with Crippen molar-refractivity contribution in [2.45, 2.75) is 6.42 Å². The number of aliphatic carboxylic acids is 1. The monoisotopic (exact) mass is 458 g/mol. The van der Waals surface area contributed by atoms with Gasteiger partial charge in [0.2, 0.25) is 0 Å². The highest BCUT2D eigenvalue weighted by atomic mass is 32.2. The highest BCUT2D eigenvalue weighted by molar-refractivity contribution is 8.18. The number of thioether (sulfide) groups is 1. The Bertz CT molecular complexity index is 1190. The summed E-state index contributed by atoms with van der Waals surface area (Å²) in [6.45, 7) is 0.0927. The van der Waals surface area contributed by atoms with Gasteiger partial charge in [0.15, 0.2) is 11.8 Å². The second-order valence-electron chi connectivity index (χ2n) is 7.29. The van der Waals surface area contributed by atoms with Crippen LogP contribution in [0.5, 0.6) is 5.75 Å². The molecule has 0 unspecified atom stereocenters. The van der Waals surface area contributed by atoms with E-state index >= 15 is 0 Å². The number of hydrogen-bond donors (Lipinski definition) is 1. The Balaban J connectivity index is 1.59. The molecule has 1 saturated heterocycles. The van der Waals surface area contributed by atoms with Crippen molar-refractivity contribution >= 4 is 40.6 Å². The highest BCUT2D eigenvalue weighted by Gasteiger charge is 2.33. The smallest absolute Gasteiger partial charge is 0.341 e. The number of amidine groups is 1. The standard InChI is InChI=1S/C26H22N2O4S/c29-24(30)18-32-22-13-7-10-20(16-22)17-23-25(31)28(15-14-19-8-3-1-4-9-19)26(33-23)27-21-11-5-2-6-12-21/h1-13,16-17H,14-15,18H2,(H,29,30)/b23-17+,27-26?. The molecule has 1 fully saturated rings. The summed E-state index contributed by atoms with van der Waals surface area (Å²) in [5, 5.41) is 9.45. The highest BCUT2D eigenvalue weighted by Crippen LogP contribution is 2.34. The Morgan fingerprint density at radius 1 is 1.00 bits per heavy atom. The second-order valence-corrected chi connectivity index (χ2v) is 8.30. The van der Waals surface area contributed by atoms with Crippen LogP contribution < -0.4 is 4.74 Å². The van der Waals surface area contributed by atoms with Crippen molar-refractivity contribution in [2.75, 3.05) is 13.2 Å². The molecule has 3 aromatic rings. The van der Waals surface area contributed by atoms with Crippen LogP contribution in [0.25, 0.3) is 6.08 Å². The SMILES string of the molecule is O=C(O)COc1cccc(/C=C2/SC(=Nc3ccccc3)N(CCc3ccccc3)C2=O)c1. The molecule has 3 aromatic carbocycles. The number of ether oxygens (including phenoxy) is 1. The van der Waals surface area contributed by atoms with E-state index < -0.39 is 12.6 Å². The average Bonchev–Trinajstić information content (AvgIpc) is 3.11. The molecule has 33 heavy (non-hydrogen) atoms. The van der Waals surface area contributed by atoms with E-state index in [0.717, 1.165) is 16.8 Å². The lowest BCUT2D eigenvalue weighted by atomic mass is 10.1. The molecule has 166 valence electrons. The maximum atomic E-state index is 13.3. The van der Waals surface area contributed by atoms with Crippen LogP contribution in [-0.4, -0.2) is 40.2 Å². The Morgan fingerprint density at radius 2 is 1.73 bits per heavy atom. The van der Waals surface area contributed by atoms with E-state index in [2.05, 4.69) is 0 Å². The molecule has 7 heteroatoms. The van der Waals surface area contributed by atoms with Gasteiger partial charge in [-0.3, -0.25) is 9.69 Å². The van der Waals surface area contributed by atoms with Gasteiger partial charge in [0.25, 0.3) is 5.91 Å². The Kier molecular flexibility index (Phi) is 7.22. The van der Waals surface area contributed by atoms with Crippen LogP contribution in [0.4, 0.5) is 5.69 Å². The average molecular weight is 459 g/mol. The third-order valence-corrected chi connectivity index (χ3v) is 5.86. The van der Waals surface area contributed by atoms with Crippen LogP contribution in [0.3, 0.4) is 0 Å². The molecule has 0 saturated carbocycles. The summed E-state index contributed by atoms with van der Waals surface area (Å²) in [6, 6.07) is 26.6. The predicted molar refractivity (Wildman–Crippen MR) is 131 cm³/mol. The summed E-state index contributed by atoms with van der Waals surface area (Å²) < 4.78 is 5.25. The minimum atomic E-state index is -1.05. The van der Waals surface area contributed by atoms with Crippen LogP contribution in [-0.2, 0) is 16.0 Å². The zero-order chi connectivity index (χ0) is 23.0. The van der Waals surface area contributed by atoms with Crippen LogP contribution in [0.1, 0.15) is 11.1 Å². The summed E-state index contributed by atoms with van der Waals surface area (Å²) >= 11 is 1.33. The summed E-state index contributed by atoms with van der Waals surface area (Å²) in [5.74, 6) is -0.722. The molecular formula is C26H22N2O4S. The van der Waals surface area contributed by atoms with E-state index in [0.29, 0.717) is 28.8 Å². The summed E-state index contributed by atoms with van der Waals surface area (Å²) in [7, 11) is 0. The molecule has 0 spiro atoms. The molecule has 1 amide bonds. The van der Waals surface area contributed by atoms with Gasteiger partial charge in [-0.2, -0.15) is 0 Å². The topological polar surface area (TPSA) is 79.2 Å². The number of carboxylic acids is 1. The molecule has 0 aliphatic carbocycles. The Labute approximate surface area is 196 Å². The summed E-state index contributed by atoms with van der Waals surface area (Å²) in [5.41, 5.74) is 2.68. The Hall–Kier alpha value is -3.84. The fourth-order valence-corrected chi connectivity index (χ4v) is 4.30. The van der Waals surface area contributed by atoms with E-state index in [1.807, 2.05) is 66.7 Å². The van der Waals surface area contributed by atoms with Crippen molar-refractivity contribution in [3.05, 3.63) is 101 Å². The van der Waals surface area contributed by atoms with E-state index in [4.69, 9.17) is 14.8 Å². The quantitative estimate of drug-likeness (QED) is 0.481. The Morgan fingerprint density at radius 3 is 2.45 bits per heavy atom. The lowest BCUT2D eigenvalue weighted by Gasteiger charge is -2.15. The van der Waals surface area contributed by atoms with Crippen molar-refractivity contribution in [1.82, 2.24) is 4.90 Å². The number of carbonyl (C=O) groups excluding carboxylic acids is 1. The summed E-state index contributed by atoms with van der Waals surface area (Å²) in [6.07, 6.45) is 2.50. The first-order valence-electron chi connectivity index (χ1n) is 10.4. The van der Waals surface area contributed by atoms with Gasteiger partial charge in [0.05, 0.1) is 10.6 Å². The molecular weight excluding hydrogens is 436 g/mol. The number of benzene rings is 3. The molecule has 1 N–H and O–H groups in total. The number of nitrogens with zero attached hydrogens (tertiary/aromatic N) is 2. The van der Waals surface area contributed by atoms with Crippen molar-refractivity contribution in [3.8, 4) is 5.75 Å². The van der Waals surface area contributed by atoms with Gasteiger partial charge in [-0.15, -0.1) is 0 Å². The molecule has 0 atom stereocenters. The first-order valence-corrected chi connectivity index (χ1v) is 11.2. The maximum absolute atomic E-state index is 13.3. The lowest BCUT2D eigenvalue weighted by molar-refractivity contribution is -0.139. The second kappa shape index (κ2) is 10.7. The molecule has 1 heterocycles. The lowest BCUT2D eigenvalue weighted by Crippen LogP contribution is -2.31. The minimum absolute atomic E-state index is 0.109. The van der Waals surface area contributed by atoms with Crippen LogP contribution >= 0.6 is 11.8 Å². The van der Waals surface area contributed by atoms with E-state index in [1.165, 1.54) is 11.8 Å². The third-order valence-electron chi connectivity index (χ3n) is 4.85. The van der Waals surface area contributed by atoms with Crippen molar-refractivity contribution < 1.29 is 19.4 Å². The molecule has 1 aliphatic heterocycles. The minimum Gasteiger partial charge on any atom is -0.482 e. The number of amides is 1. The van der Waals surface area contributed by atoms with Gasteiger partial charge >= 0.3 is 5.97 Å². The largest absolute Gasteiger partial charge is 0.482 e. The predicted octanol–water partition coefficient (Wildman–Crippen LogP) is 5.00. The zero-order valence-electron chi connectivity index (χ0n) is 17.8. The molecule has 0 aromatic heterocycles. The van der Waals surface area contributed by atoms with E-state index in [-0.39, 0.29) is 5.91 Å². The summed E-state index contributed by atoms with van der Waals surface area (Å²) in [4.78, 5) is 31.0. The van der Waals surface area contributed by atoms with Gasteiger partial charge in [-0.1, -0.05) is 60.7 Å². The first-order chi connectivity index (χ1) is 16.1. The molecule has 0 radical (unpaired) electrons. The molecule has 4 rings (SSSR count). The van der Waals surface area contributed by atoms with Gasteiger partial charge in [0, 0.05) is 6.54 Å². The fourth-order valence-electron chi connectivity index (χ4n) is 3.28. The maximum Gasteiger partial charge on any atom is 0.341 e. The molecule has 0 bridgehead atoms. The van der Waals surface area contributed by atoms with E-state index in [1.54, 1.807) is 29.2 Å². The normalized spacial score (nSPS) is 15.9. The van der Waals surface area contributed by atoms with Crippen LogP contribution in [0, 0.1) is 0 Å². The number of carboxylic acid groups (broad SMARTS) is 1. The van der Waals surface area contributed by atoms with Gasteiger partial charge < -0.3 is 9.84 Å². The molecule has 6 nitrogen and oxygen atoms in total. The number of para-hydroxylation sites is 1. The zero-order valence-corrected chi connectivity index (χ0v) is 18.6. The van der Waals surface area contributed by atoms with Crippen LogP contribution in [0.15, 0.2) is 94.8 Å². The number of aliphatic imine (C=N–C) groups is 1. The van der Waals surface area contributed by atoms with Crippen molar-refractivity contribution in [3.63, 3.8) is 0 Å². The van der Waals surface area contributed by atoms with Gasteiger partial charge in [-0.25, -0.2) is 9.79 Å². The van der Waals surface area contributed by atoms with Crippen molar-refractivity contribution in [2.24, 2.45) is 4.99 Å². The third kappa shape index (κ3) is 6.11. The molecule has 1 aliphatic rings. The number of carbonyl (C=O) groups is 2. The first kappa shape index (κ1) is 22.4. The van der Waals surface area contributed by atoms with Gasteiger partial charge in [0.1, 0.15) is 5.75 Å². The van der Waals surface area contributed by atoms with Crippen molar-refractivity contribution in [1.29, 1.82) is 0 Å². The van der Waals surface area contributed by atoms with E-state index in [9.17, 15) is 9.59 Å². The number of rotatable bonds is 8. The number of hydrogen-bond acceptors (Lipinski definition) is 5. The fraction of sp³-hybridized carbons (Fsp3) is 0.115.